The Bertz CT molecular complexity index is 652. The normalized spacial score (nSPS) is 10.3. The second-order valence-electron chi connectivity index (χ2n) is 5.21. The highest BCUT2D eigenvalue weighted by atomic mass is 16.2. The summed E-state index contributed by atoms with van der Waals surface area (Å²) in [4.78, 5) is 21.6. The van der Waals surface area contributed by atoms with E-state index in [1.807, 2.05) is 31.2 Å². The lowest BCUT2D eigenvalue weighted by Gasteiger charge is -2.12. The number of aromatic nitrogens is 2. The summed E-state index contributed by atoms with van der Waals surface area (Å²) in [5, 5.41) is 3.27. The number of nitrogens with zero attached hydrogens (tertiary/aromatic N) is 3. The molecule has 0 saturated carbocycles. The van der Waals surface area contributed by atoms with Crippen LogP contribution in [0.1, 0.15) is 28.4 Å². The highest BCUT2D eigenvalue weighted by Gasteiger charge is 2.08. The average molecular weight is 299 g/mol. The van der Waals surface area contributed by atoms with Crippen LogP contribution in [0.5, 0.6) is 0 Å². The van der Waals surface area contributed by atoms with Crippen LogP contribution in [0, 0.1) is 0 Å². The van der Waals surface area contributed by atoms with Crippen molar-refractivity contribution >= 4 is 17.7 Å². The minimum absolute atomic E-state index is 0.00338. The number of anilines is 2. The third-order valence-electron chi connectivity index (χ3n) is 3.33. The predicted octanol–water partition coefficient (Wildman–Crippen LogP) is 1.94. The van der Waals surface area contributed by atoms with Gasteiger partial charge < -0.3 is 16.0 Å². The lowest BCUT2D eigenvalue weighted by Crippen LogP contribution is -2.21. The van der Waals surface area contributed by atoms with Crippen LogP contribution in [0.3, 0.4) is 0 Å². The van der Waals surface area contributed by atoms with Crippen molar-refractivity contribution in [3.05, 3.63) is 47.2 Å². The molecule has 0 unspecified atom stereocenters. The van der Waals surface area contributed by atoms with Gasteiger partial charge in [0.1, 0.15) is 5.82 Å². The molecule has 0 aliphatic heterocycles. The van der Waals surface area contributed by atoms with Crippen LogP contribution in [0.2, 0.25) is 0 Å². The zero-order chi connectivity index (χ0) is 16.1. The van der Waals surface area contributed by atoms with Gasteiger partial charge in [-0.05, 0) is 24.1 Å². The molecular weight excluding hydrogens is 278 g/mol. The molecule has 3 N–H and O–H groups in total. The number of nitrogens with two attached hydrogens (primary N) is 1. The molecular formula is C16H21N5O. The third kappa shape index (κ3) is 3.72. The number of aryl methyl sites for hydroxylation is 1. The zero-order valence-electron chi connectivity index (χ0n) is 13.1. The van der Waals surface area contributed by atoms with Gasteiger partial charge in [0.2, 0.25) is 5.95 Å². The van der Waals surface area contributed by atoms with Gasteiger partial charge in [-0.25, -0.2) is 4.98 Å². The van der Waals surface area contributed by atoms with Crippen LogP contribution in [-0.4, -0.2) is 34.9 Å². The zero-order valence-corrected chi connectivity index (χ0v) is 13.1. The van der Waals surface area contributed by atoms with E-state index in [9.17, 15) is 4.79 Å². The molecule has 0 aliphatic rings. The maximum Gasteiger partial charge on any atom is 0.253 e. The van der Waals surface area contributed by atoms with Crippen molar-refractivity contribution in [2.45, 2.75) is 19.9 Å². The molecule has 0 fully saturated rings. The molecule has 0 saturated heterocycles. The molecule has 1 amide bonds. The number of nitrogens with one attached hydrogen (secondary N) is 1. The first-order valence-electron chi connectivity index (χ1n) is 7.17. The summed E-state index contributed by atoms with van der Waals surface area (Å²) in [5.74, 6) is 1.01. The lowest BCUT2D eigenvalue weighted by atomic mass is 10.1. The average Bonchev–Trinajstić information content (AvgIpc) is 2.52. The summed E-state index contributed by atoms with van der Waals surface area (Å²) in [6.45, 7) is 2.65. The van der Waals surface area contributed by atoms with Crippen LogP contribution in [-0.2, 0) is 13.0 Å². The number of carbonyl (C=O) groups excluding carboxylic acids is 1. The molecule has 2 rings (SSSR count). The smallest absolute Gasteiger partial charge is 0.253 e. The fourth-order valence-electron chi connectivity index (χ4n) is 2.04. The van der Waals surface area contributed by atoms with E-state index in [0.717, 1.165) is 23.4 Å². The number of carbonyl (C=O) groups is 1. The quantitative estimate of drug-likeness (QED) is 0.881. The Balaban J connectivity index is 2.06. The molecule has 116 valence electrons. The van der Waals surface area contributed by atoms with E-state index >= 15 is 0 Å². The molecule has 2 aromatic rings. The Hall–Kier alpha value is -2.63. The van der Waals surface area contributed by atoms with Gasteiger partial charge in [-0.1, -0.05) is 19.1 Å². The summed E-state index contributed by atoms with van der Waals surface area (Å²) in [5.41, 5.74) is 8.39. The Morgan fingerprint density at radius 3 is 2.55 bits per heavy atom. The molecule has 6 heteroatoms. The molecule has 1 heterocycles. The Kier molecular flexibility index (Phi) is 4.93. The van der Waals surface area contributed by atoms with Gasteiger partial charge in [0.05, 0.1) is 0 Å². The van der Waals surface area contributed by atoms with Crippen LogP contribution in [0.4, 0.5) is 11.8 Å². The summed E-state index contributed by atoms with van der Waals surface area (Å²) in [6.07, 6.45) is 2.57. The first-order chi connectivity index (χ1) is 10.5. The number of hydrogen-bond donors (Lipinski definition) is 2. The maximum absolute atomic E-state index is 11.8. The minimum atomic E-state index is -0.00338. The van der Waals surface area contributed by atoms with E-state index in [1.165, 1.54) is 0 Å². The fraction of sp³-hybridized carbons (Fsp3) is 0.312. The Morgan fingerprint density at radius 1 is 1.27 bits per heavy atom. The van der Waals surface area contributed by atoms with Crippen LogP contribution < -0.4 is 11.1 Å². The van der Waals surface area contributed by atoms with Crippen molar-refractivity contribution in [3.63, 3.8) is 0 Å². The number of amides is 1. The second-order valence-corrected chi connectivity index (χ2v) is 5.21. The fourth-order valence-corrected chi connectivity index (χ4v) is 2.04. The Morgan fingerprint density at radius 2 is 1.95 bits per heavy atom. The van der Waals surface area contributed by atoms with Gasteiger partial charge in [0, 0.05) is 38.0 Å². The molecule has 1 aromatic carbocycles. The van der Waals surface area contributed by atoms with Gasteiger partial charge in [-0.15, -0.1) is 0 Å². The Labute approximate surface area is 130 Å². The molecule has 0 radical (unpaired) electrons. The highest BCUT2D eigenvalue weighted by molar-refractivity contribution is 5.93. The monoisotopic (exact) mass is 299 g/mol. The molecule has 22 heavy (non-hydrogen) atoms. The lowest BCUT2D eigenvalue weighted by molar-refractivity contribution is 0.0827. The van der Waals surface area contributed by atoms with Gasteiger partial charge >= 0.3 is 0 Å². The molecule has 1 aromatic heterocycles. The van der Waals surface area contributed by atoms with E-state index in [-0.39, 0.29) is 11.9 Å². The molecule has 0 bridgehead atoms. The van der Waals surface area contributed by atoms with E-state index in [4.69, 9.17) is 5.73 Å². The van der Waals surface area contributed by atoms with E-state index in [2.05, 4.69) is 15.3 Å². The van der Waals surface area contributed by atoms with Gasteiger partial charge in [-0.3, -0.25) is 4.79 Å². The molecule has 6 nitrogen and oxygen atoms in total. The van der Waals surface area contributed by atoms with E-state index < -0.39 is 0 Å². The maximum atomic E-state index is 11.8. The van der Waals surface area contributed by atoms with Crippen LogP contribution >= 0.6 is 0 Å². The topological polar surface area (TPSA) is 84.1 Å². The number of benzene rings is 1. The number of hydrogen-bond acceptors (Lipinski definition) is 5. The highest BCUT2D eigenvalue weighted by Crippen LogP contribution is 2.15. The van der Waals surface area contributed by atoms with Crippen LogP contribution in [0.25, 0.3) is 0 Å². The summed E-state index contributed by atoms with van der Waals surface area (Å²) in [7, 11) is 3.48. The minimum Gasteiger partial charge on any atom is -0.368 e. The first-order valence-corrected chi connectivity index (χ1v) is 7.17. The SMILES string of the molecule is CCc1cnc(N)nc1NCc1ccc(C(=O)N(C)C)cc1. The van der Waals surface area contributed by atoms with E-state index in [1.54, 1.807) is 25.2 Å². The van der Waals surface area contributed by atoms with Gasteiger partial charge in [0.25, 0.3) is 5.91 Å². The molecule has 0 aliphatic carbocycles. The van der Waals surface area contributed by atoms with Crippen molar-refractivity contribution < 1.29 is 4.79 Å². The van der Waals surface area contributed by atoms with Crippen LogP contribution in [0.15, 0.2) is 30.5 Å². The summed E-state index contributed by atoms with van der Waals surface area (Å²) in [6, 6.07) is 7.52. The number of nitrogen functional groups attached to an aromatic ring is 1. The summed E-state index contributed by atoms with van der Waals surface area (Å²) < 4.78 is 0. The van der Waals surface area contributed by atoms with Gasteiger partial charge in [-0.2, -0.15) is 4.98 Å². The van der Waals surface area contributed by atoms with Crippen molar-refractivity contribution in [2.24, 2.45) is 0 Å². The van der Waals surface area contributed by atoms with Gasteiger partial charge in [0.15, 0.2) is 0 Å². The van der Waals surface area contributed by atoms with Crippen molar-refractivity contribution in [1.29, 1.82) is 0 Å². The molecule has 0 spiro atoms. The molecule has 0 atom stereocenters. The summed E-state index contributed by atoms with van der Waals surface area (Å²) >= 11 is 0. The predicted molar refractivity (Wildman–Crippen MR) is 87.6 cm³/mol. The third-order valence-corrected chi connectivity index (χ3v) is 3.33. The van der Waals surface area contributed by atoms with Crippen molar-refractivity contribution in [2.75, 3.05) is 25.1 Å². The first kappa shape index (κ1) is 15.8. The van der Waals surface area contributed by atoms with Crippen molar-refractivity contribution in [3.8, 4) is 0 Å². The van der Waals surface area contributed by atoms with Crippen molar-refractivity contribution in [1.82, 2.24) is 14.9 Å². The largest absolute Gasteiger partial charge is 0.368 e. The number of rotatable bonds is 5. The second kappa shape index (κ2) is 6.89. The van der Waals surface area contributed by atoms with E-state index in [0.29, 0.717) is 12.1 Å². The standard InChI is InChI=1S/C16H21N5O/c1-4-12-10-19-16(17)20-14(12)18-9-11-5-7-13(8-6-11)15(22)21(2)3/h5-8,10H,4,9H2,1-3H3,(H3,17,18,19,20).